The van der Waals surface area contributed by atoms with Crippen molar-refractivity contribution >= 4 is 22.2 Å². The van der Waals surface area contributed by atoms with Crippen LogP contribution in [0.4, 0.5) is 5.00 Å². The maximum atomic E-state index is 11.3. The Morgan fingerprint density at radius 2 is 2.33 bits per heavy atom. The normalized spacial score (nSPS) is 10.3. The van der Waals surface area contributed by atoms with Gasteiger partial charge in [-0.2, -0.15) is 0 Å². The molecule has 1 rings (SSSR count). The van der Waals surface area contributed by atoms with Crippen LogP contribution in [0.1, 0.15) is 4.88 Å². The van der Waals surface area contributed by atoms with Gasteiger partial charge in [-0.25, -0.2) is 0 Å². The number of hydrogen-bond donors (Lipinski definition) is 2. The van der Waals surface area contributed by atoms with Crippen molar-refractivity contribution in [2.75, 3.05) is 26.8 Å². The first-order valence-electron chi connectivity index (χ1n) is 5.33. The van der Waals surface area contributed by atoms with E-state index >= 15 is 0 Å². The fourth-order valence-electron chi connectivity index (χ4n) is 1.21. The first kappa shape index (κ1) is 14.6. The van der Waals surface area contributed by atoms with E-state index in [2.05, 4.69) is 10.6 Å². The lowest BCUT2D eigenvalue weighted by atomic mass is 10.4. The number of methoxy groups -OCH3 is 1. The second-order valence-corrected chi connectivity index (χ2v) is 4.59. The van der Waals surface area contributed by atoms with E-state index in [1.165, 1.54) is 6.07 Å². The lowest BCUT2D eigenvalue weighted by molar-refractivity contribution is -0.380. The summed E-state index contributed by atoms with van der Waals surface area (Å²) < 4.78 is 4.79. The summed E-state index contributed by atoms with van der Waals surface area (Å²) in [6.07, 6.45) is 0. The Morgan fingerprint density at radius 3 is 2.94 bits per heavy atom. The van der Waals surface area contributed by atoms with Crippen LogP contribution in [0.15, 0.2) is 12.1 Å². The molecule has 0 spiro atoms. The van der Waals surface area contributed by atoms with E-state index in [1.54, 1.807) is 13.2 Å². The zero-order valence-electron chi connectivity index (χ0n) is 9.97. The van der Waals surface area contributed by atoms with Crippen LogP contribution in [0.25, 0.3) is 0 Å². The molecule has 0 aliphatic rings. The highest BCUT2D eigenvalue weighted by atomic mass is 32.1. The van der Waals surface area contributed by atoms with Crippen molar-refractivity contribution in [2.24, 2.45) is 0 Å². The number of rotatable bonds is 8. The van der Waals surface area contributed by atoms with Crippen molar-refractivity contribution in [3.63, 3.8) is 0 Å². The van der Waals surface area contributed by atoms with Crippen molar-refractivity contribution in [2.45, 2.75) is 6.54 Å². The molecule has 0 aromatic carbocycles. The number of carbonyl (C=O) groups is 1. The van der Waals surface area contributed by atoms with Crippen LogP contribution in [0.3, 0.4) is 0 Å². The van der Waals surface area contributed by atoms with Crippen LogP contribution in [0.2, 0.25) is 0 Å². The standard InChI is InChI=1S/C10H15N3O4S/c1-17-5-4-12-9(14)7-11-6-8-2-3-10(18-8)13(15)16/h2-3,11H,4-7H2,1H3,(H,12,14). The summed E-state index contributed by atoms with van der Waals surface area (Å²) in [5.74, 6) is -0.127. The van der Waals surface area contributed by atoms with Gasteiger partial charge >= 0.3 is 5.00 Å². The van der Waals surface area contributed by atoms with Gasteiger partial charge in [-0.15, -0.1) is 0 Å². The quantitative estimate of drug-likeness (QED) is 0.409. The van der Waals surface area contributed by atoms with Crippen LogP contribution in [-0.2, 0) is 16.1 Å². The molecule has 0 radical (unpaired) electrons. The fourth-order valence-corrected chi connectivity index (χ4v) is 2.00. The zero-order valence-corrected chi connectivity index (χ0v) is 10.8. The Labute approximate surface area is 108 Å². The fraction of sp³-hybridized carbons (Fsp3) is 0.500. The highest BCUT2D eigenvalue weighted by Gasteiger charge is 2.09. The van der Waals surface area contributed by atoms with Crippen LogP contribution < -0.4 is 10.6 Å². The molecule has 2 N–H and O–H groups in total. The third-order valence-electron chi connectivity index (χ3n) is 2.04. The summed E-state index contributed by atoms with van der Waals surface area (Å²) in [7, 11) is 1.56. The lowest BCUT2D eigenvalue weighted by Crippen LogP contribution is -2.35. The molecular formula is C10H15N3O4S. The van der Waals surface area contributed by atoms with Crippen molar-refractivity contribution in [3.8, 4) is 0 Å². The molecule has 18 heavy (non-hydrogen) atoms. The van der Waals surface area contributed by atoms with Crippen LogP contribution in [-0.4, -0.2) is 37.6 Å². The van der Waals surface area contributed by atoms with E-state index < -0.39 is 4.92 Å². The van der Waals surface area contributed by atoms with E-state index in [0.29, 0.717) is 19.7 Å². The number of nitrogens with one attached hydrogen (secondary N) is 2. The highest BCUT2D eigenvalue weighted by molar-refractivity contribution is 7.15. The molecule has 0 atom stereocenters. The first-order valence-corrected chi connectivity index (χ1v) is 6.14. The minimum Gasteiger partial charge on any atom is -0.383 e. The monoisotopic (exact) mass is 273 g/mol. The molecule has 0 aliphatic heterocycles. The van der Waals surface area contributed by atoms with E-state index in [1.807, 2.05) is 0 Å². The van der Waals surface area contributed by atoms with Gasteiger partial charge in [0.1, 0.15) is 0 Å². The van der Waals surface area contributed by atoms with E-state index in [0.717, 1.165) is 16.2 Å². The van der Waals surface area contributed by atoms with E-state index in [4.69, 9.17) is 4.74 Å². The number of hydrogen-bond acceptors (Lipinski definition) is 6. The summed E-state index contributed by atoms with van der Waals surface area (Å²) in [4.78, 5) is 22.2. The second kappa shape index (κ2) is 7.75. The lowest BCUT2D eigenvalue weighted by Gasteiger charge is -2.04. The molecule has 0 unspecified atom stereocenters. The van der Waals surface area contributed by atoms with Gasteiger partial charge in [-0.1, -0.05) is 11.3 Å². The molecule has 0 fully saturated rings. The molecule has 0 saturated heterocycles. The van der Waals surface area contributed by atoms with Crippen LogP contribution >= 0.6 is 11.3 Å². The maximum absolute atomic E-state index is 11.3. The molecule has 0 bridgehead atoms. The number of carbonyl (C=O) groups excluding carboxylic acids is 1. The third-order valence-corrected chi connectivity index (χ3v) is 3.08. The Balaban J connectivity index is 2.20. The topological polar surface area (TPSA) is 93.5 Å². The summed E-state index contributed by atoms with van der Waals surface area (Å²) in [6, 6.07) is 3.14. The van der Waals surface area contributed by atoms with Gasteiger partial charge in [0, 0.05) is 31.1 Å². The summed E-state index contributed by atoms with van der Waals surface area (Å²) in [6.45, 7) is 1.57. The third kappa shape index (κ3) is 5.21. The Hall–Kier alpha value is -1.51. The van der Waals surface area contributed by atoms with Crippen molar-refractivity contribution in [3.05, 3.63) is 27.1 Å². The number of thiophene rings is 1. The van der Waals surface area contributed by atoms with Gasteiger partial charge in [0.05, 0.1) is 18.1 Å². The van der Waals surface area contributed by atoms with Crippen molar-refractivity contribution < 1.29 is 14.5 Å². The van der Waals surface area contributed by atoms with Crippen LogP contribution in [0, 0.1) is 10.1 Å². The average Bonchev–Trinajstić information content (AvgIpc) is 2.78. The molecule has 1 amide bonds. The van der Waals surface area contributed by atoms with Crippen LogP contribution in [0.5, 0.6) is 0 Å². The minimum absolute atomic E-state index is 0.108. The largest absolute Gasteiger partial charge is 0.383 e. The molecule has 8 heteroatoms. The predicted octanol–water partition coefficient (Wildman–Crippen LogP) is 0.509. The summed E-state index contributed by atoms with van der Waals surface area (Å²) in [5.41, 5.74) is 0. The van der Waals surface area contributed by atoms with Gasteiger partial charge in [0.2, 0.25) is 5.91 Å². The molecule has 1 heterocycles. The molecular weight excluding hydrogens is 258 g/mol. The molecule has 1 aromatic heterocycles. The molecule has 100 valence electrons. The van der Waals surface area contributed by atoms with Crippen molar-refractivity contribution in [1.29, 1.82) is 0 Å². The number of nitrogens with zero attached hydrogens (tertiary/aromatic N) is 1. The van der Waals surface area contributed by atoms with Gasteiger partial charge in [-0.05, 0) is 6.07 Å². The highest BCUT2D eigenvalue weighted by Crippen LogP contribution is 2.23. The molecule has 1 aromatic rings. The second-order valence-electron chi connectivity index (χ2n) is 3.44. The zero-order chi connectivity index (χ0) is 13.4. The Kier molecular flexibility index (Phi) is 6.26. The maximum Gasteiger partial charge on any atom is 0.324 e. The van der Waals surface area contributed by atoms with Gasteiger partial charge in [-0.3, -0.25) is 14.9 Å². The molecule has 0 aliphatic carbocycles. The van der Waals surface area contributed by atoms with E-state index in [9.17, 15) is 14.9 Å². The Morgan fingerprint density at radius 1 is 1.56 bits per heavy atom. The van der Waals surface area contributed by atoms with E-state index in [-0.39, 0.29) is 17.5 Å². The average molecular weight is 273 g/mol. The number of nitro groups is 1. The summed E-state index contributed by atoms with van der Waals surface area (Å²) >= 11 is 1.10. The van der Waals surface area contributed by atoms with Gasteiger partial charge in [0.25, 0.3) is 0 Å². The van der Waals surface area contributed by atoms with Gasteiger partial charge in [0.15, 0.2) is 0 Å². The number of ether oxygens (including phenoxy) is 1. The SMILES string of the molecule is COCCNC(=O)CNCc1ccc([N+](=O)[O-])s1. The minimum atomic E-state index is -0.425. The molecule has 7 nitrogen and oxygen atoms in total. The Bertz CT molecular complexity index is 408. The van der Waals surface area contributed by atoms with Gasteiger partial charge < -0.3 is 15.4 Å². The smallest absolute Gasteiger partial charge is 0.324 e. The molecule has 0 saturated carbocycles. The number of amides is 1. The summed E-state index contributed by atoms with van der Waals surface area (Å²) in [5, 5.41) is 16.1. The first-order chi connectivity index (χ1) is 8.63. The van der Waals surface area contributed by atoms with Crippen molar-refractivity contribution in [1.82, 2.24) is 10.6 Å². The predicted molar refractivity (Wildman–Crippen MR) is 67.6 cm³/mol.